The fourth-order valence-corrected chi connectivity index (χ4v) is 3.46. The maximum Gasteiger partial charge on any atom is 0.416 e. The third-order valence-corrected chi connectivity index (χ3v) is 5.09. The summed E-state index contributed by atoms with van der Waals surface area (Å²) in [6.07, 6.45) is -2.84. The highest BCUT2D eigenvalue weighted by molar-refractivity contribution is 5.98. The number of halogens is 3. The van der Waals surface area contributed by atoms with Crippen molar-refractivity contribution in [3.8, 4) is 11.1 Å². The van der Waals surface area contributed by atoms with Crippen LogP contribution in [0, 0.1) is 6.92 Å². The fraction of sp³-hybridized carbons (Fsp3) is 0.125. The zero-order valence-electron chi connectivity index (χ0n) is 16.6. The summed E-state index contributed by atoms with van der Waals surface area (Å²) in [6, 6.07) is 15.8. The van der Waals surface area contributed by atoms with Crippen molar-refractivity contribution in [2.24, 2.45) is 0 Å². The number of hydrogen-bond donors (Lipinski definition) is 1. The number of carbonyl (C=O) groups is 1. The van der Waals surface area contributed by atoms with Gasteiger partial charge in [0.1, 0.15) is 0 Å². The number of anilines is 1. The lowest BCUT2D eigenvalue weighted by Gasteiger charge is -2.11. The normalized spacial score (nSPS) is 11.6. The molecule has 31 heavy (non-hydrogen) atoms. The molecule has 3 aromatic carbocycles. The number of aromatic nitrogens is 2. The second-order valence-corrected chi connectivity index (χ2v) is 7.33. The van der Waals surface area contributed by atoms with E-state index in [0.29, 0.717) is 0 Å². The van der Waals surface area contributed by atoms with Gasteiger partial charge < -0.3 is 5.73 Å². The number of aryl methyl sites for hydroxylation is 1. The summed E-state index contributed by atoms with van der Waals surface area (Å²) >= 11 is 0. The summed E-state index contributed by atoms with van der Waals surface area (Å²) < 4.78 is 38.8. The maximum atomic E-state index is 12.9. The molecule has 0 unspecified atom stereocenters. The van der Waals surface area contributed by atoms with Crippen molar-refractivity contribution in [3.63, 3.8) is 0 Å². The van der Waals surface area contributed by atoms with Gasteiger partial charge in [0.2, 0.25) is 5.95 Å². The topological polar surface area (TPSA) is 68.9 Å². The molecule has 4 nitrogen and oxygen atoms in total. The van der Waals surface area contributed by atoms with Crippen LogP contribution in [0.2, 0.25) is 0 Å². The molecule has 1 heterocycles. The van der Waals surface area contributed by atoms with E-state index < -0.39 is 11.7 Å². The Bertz CT molecular complexity index is 1300. The molecule has 0 saturated heterocycles. The van der Waals surface area contributed by atoms with Gasteiger partial charge in [-0.15, -0.1) is 0 Å². The molecular weight excluding hydrogens is 403 g/mol. The van der Waals surface area contributed by atoms with Crippen molar-refractivity contribution in [1.29, 1.82) is 0 Å². The molecule has 1 aromatic heterocycles. The molecule has 7 heteroatoms. The van der Waals surface area contributed by atoms with Crippen molar-refractivity contribution in [2.45, 2.75) is 19.5 Å². The number of carbonyl (C=O) groups excluding carboxylic acids is 1. The van der Waals surface area contributed by atoms with Crippen LogP contribution < -0.4 is 5.73 Å². The second-order valence-electron chi connectivity index (χ2n) is 7.33. The van der Waals surface area contributed by atoms with Gasteiger partial charge in [-0.25, -0.2) is 9.97 Å². The number of Topliss-reactive ketones (excluding diaryl/α,β-unsaturated/α-hetero) is 1. The Kier molecular flexibility index (Phi) is 5.19. The molecule has 4 aromatic rings. The summed E-state index contributed by atoms with van der Waals surface area (Å²) in [7, 11) is 0. The number of nitrogens with zero attached hydrogens (tertiary/aromatic N) is 2. The van der Waals surface area contributed by atoms with Gasteiger partial charge in [-0.1, -0.05) is 36.4 Å². The van der Waals surface area contributed by atoms with Crippen LogP contribution in [0.25, 0.3) is 22.0 Å². The van der Waals surface area contributed by atoms with E-state index in [1.807, 2.05) is 43.3 Å². The number of rotatable bonds is 4. The standard InChI is InChI=1S/C24H18F3N3O/c1-14-5-6-15(10-22(31)17-3-2-4-19(12-17)24(25,26)27)9-20(14)16-7-8-21-18(11-16)13-29-23(28)30-21/h2-9,11-13H,10H2,1H3,(H2,28,29,30). The van der Waals surface area contributed by atoms with E-state index in [1.54, 1.807) is 6.20 Å². The van der Waals surface area contributed by atoms with Crippen LogP contribution in [0.5, 0.6) is 0 Å². The Balaban J connectivity index is 1.64. The molecule has 0 aliphatic rings. The summed E-state index contributed by atoms with van der Waals surface area (Å²) in [5, 5.41) is 0.830. The van der Waals surface area contributed by atoms with Crippen molar-refractivity contribution >= 4 is 22.6 Å². The fourth-order valence-electron chi connectivity index (χ4n) is 3.46. The van der Waals surface area contributed by atoms with E-state index in [-0.39, 0.29) is 23.7 Å². The first-order valence-corrected chi connectivity index (χ1v) is 9.53. The van der Waals surface area contributed by atoms with Crippen LogP contribution in [-0.2, 0) is 12.6 Å². The van der Waals surface area contributed by atoms with Gasteiger partial charge in [0.25, 0.3) is 0 Å². The molecule has 0 radical (unpaired) electrons. The van der Waals surface area contributed by atoms with E-state index in [1.165, 1.54) is 12.1 Å². The summed E-state index contributed by atoms with van der Waals surface area (Å²) in [6.45, 7) is 1.96. The van der Waals surface area contributed by atoms with E-state index in [0.717, 1.165) is 45.3 Å². The number of hydrogen-bond acceptors (Lipinski definition) is 4. The van der Waals surface area contributed by atoms with Crippen molar-refractivity contribution in [2.75, 3.05) is 5.73 Å². The molecule has 4 rings (SSSR count). The molecule has 0 spiro atoms. The Morgan fingerprint density at radius 1 is 1.03 bits per heavy atom. The molecule has 0 fully saturated rings. The molecule has 2 N–H and O–H groups in total. The molecule has 0 aliphatic carbocycles. The third-order valence-electron chi connectivity index (χ3n) is 5.09. The molecule has 0 saturated carbocycles. The maximum absolute atomic E-state index is 12.9. The lowest BCUT2D eigenvalue weighted by molar-refractivity contribution is -0.137. The van der Waals surface area contributed by atoms with Gasteiger partial charge in [-0.3, -0.25) is 4.79 Å². The minimum Gasteiger partial charge on any atom is -0.368 e. The average molecular weight is 421 g/mol. The van der Waals surface area contributed by atoms with Crippen molar-refractivity contribution in [3.05, 3.63) is 89.1 Å². The van der Waals surface area contributed by atoms with Crippen LogP contribution in [0.3, 0.4) is 0 Å². The first-order valence-electron chi connectivity index (χ1n) is 9.53. The minimum atomic E-state index is -4.49. The number of nitrogen functional groups attached to an aromatic ring is 1. The number of fused-ring (bicyclic) bond motifs is 1. The number of nitrogens with two attached hydrogens (primary N) is 1. The largest absolute Gasteiger partial charge is 0.416 e. The van der Waals surface area contributed by atoms with Gasteiger partial charge in [-0.05, 0) is 53.4 Å². The second kappa shape index (κ2) is 7.83. The summed E-state index contributed by atoms with van der Waals surface area (Å²) in [5.41, 5.74) is 9.13. The Morgan fingerprint density at radius 2 is 1.84 bits per heavy atom. The molecular formula is C24H18F3N3O. The van der Waals surface area contributed by atoms with Crippen LogP contribution in [-0.4, -0.2) is 15.8 Å². The Morgan fingerprint density at radius 3 is 2.61 bits per heavy atom. The monoisotopic (exact) mass is 421 g/mol. The van der Waals surface area contributed by atoms with E-state index in [2.05, 4.69) is 9.97 Å². The molecule has 0 bridgehead atoms. The summed E-state index contributed by atoms with van der Waals surface area (Å²) in [4.78, 5) is 20.8. The average Bonchev–Trinajstić information content (AvgIpc) is 2.74. The first-order chi connectivity index (χ1) is 14.7. The molecule has 156 valence electrons. The van der Waals surface area contributed by atoms with Crippen LogP contribution in [0.15, 0.2) is 66.9 Å². The highest BCUT2D eigenvalue weighted by Gasteiger charge is 2.30. The minimum absolute atomic E-state index is 0.00180. The molecule has 0 amide bonds. The SMILES string of the molecule is Cc1ccc(CC(=O)c2cccc(C(F)(F)F)c2)cc1-c1ccc2nc(N)ncc2c1. The van der Waals surface area contributed by atoms with Gasteiger partial charge >= 0.3 is 6.18 Å². The van der Waals surface area contributed by atoms with Crippen LogP contribution >= 0.6 is 0 Å². The van der Waals surface area contributed by atoms with Gasteiger partial charge in [0, 0.05) is 23.6 Å². The smallest absolute Gasteiger partial charge is 0.368 e. The molecule has 0 atom stereocenters. The number of alkyl halides is 3. The van der Waals surface area contributed by atoms with Gasteiger partial charge in [0.05, 0.1) is 11.1 Å². The van der Waals surface area contributed by atoms with E-state index in [9.17, 15) is 18.0 Å². The highest BCUT2D eigenvalue weighted by atomic mass is 19.4. The number of ketones is 1. The first kappa shape index (κ1) is 20.5. The van der Waals surface area contributed by atoms with E-state index in [4.69, 9.17) is 5.73 Å². The highest BCUT2D eigenvalue weighted by Crippen LogP contribution is 2.31. The van der Waals surface area contributed by atoms with Gasteiger partial charge in [0.15, 0.2) is 5.78 Å². The molecule has 0 aliphatic heterocycles. The lowest BCUT2D eigenvalue weighted by atomic mass is 9.94. The van der Waals surface area contributed by atoms with Crippen molar-refractivity contribution < 1.29 is 18.0 Å². The van der Waals surface area contributed by atoms with Crippen LogP contribution in [0.4, 0.5) is 19.1 Å². The zero-order valence-corrected chi connectivity index (χ0v) is 16.6. The number of benzene rings is 3. The lowest BCUT2D eigenvalue weighted by Crippen LogP contribution is -2.09. The Hall–Kier alpha value is -3.74. The zero-order chi connectivity index (χ0) is 22.2. The third kappa shape index (κ3) is 4.40. The van der Waals surface area contributed by atoms with Crippen molar-refractivity contribution in [1.82, 2.24) is 9.97 Å². The quantitative estimate of drug-likeness (QED) is 0.434. The Labute approximate surface area is 176 Å². The van der Waals surface area contributed by atoms with Crippen LogP contribution in [0.1, 0.15) is 27.0 Å². The predicted octanol–water partition coefficient (Wildman–Crippen LogP) is 5.63. The summed E-state index contributed by atoms with van der Waals surface area (Å²) in [5.74, 6) is -0.171. The van der Waals surface area contributed by atoms with Gasteiger partial charge in [-0.2, -0.15) is 13.2 Å². The van der Waals surface area contributed by atoms with E-state index >= 15 is 0 Å². The predicted molar refractivity (Wildman–Crippen MR) is 114 cm³/mol.